The Morgan fingerprint density at radius 2 is 2.20 bits per heavy atom. The van der Waals surface area contributed by atoms with Crippen molar-refractivity contribution in [1.29, 1.82) is 0 Å². The second kappa shape index (κ2) is 6.48. The predicted molar refractivity (Wildman–Crippen MR) is 78.4 cm³/mol. The number of carbonyl (C=O) groups is 4. The standard InChI is InChI=1S/C15H15N3O7/c19-11(7-9-3-1-2-6-16-9)17-10-8-24-18(13(10)21)15(14(22)23)5-4-12(20)25-15/h1-3,6,10H,4-5,7-8H2,(H,17,19)(H,22,23)/t10-,15?/m0/s1. The third kappa shape index (κ3) is 3.15. The summed E-state index contributed by atoms with van der Waals surface area (Å²) in [5.74, 6) is -3.49. The topological polar surface area (TPSA) is 135 Å². The molecule has 1 aromatic heterocycles. The van der Waals surface area contributed by atoms with Crippen LogP contribution in [0.4, 0.5) is 0 Å². The van der Waals surface area contributed by atoms with Crippen LogP contribution in [0, 0.1) is 0 Å². The lowest BCUT2D eigenvalue weighted by Gasteiger charge is -2.30. The van der Waals surface area contributed by atoms with Crippen LogP contribution in [-0.2, 0) is 35.2 Å². The first-order chi connectivity index (χ1) is 11.9. The maximum absolute atomic E-state index is 12.4. The summed E-state index contributed by atoms with van der Waals surface area (Å²) in [6, 6.07) is 4.04. The lowest BCUT2D eigenvalue weighted by atomic mass is 10.1. The average Bonchev–Trinajstić information content (AvgIpc) is 3.13. The van der Waals surface area contributed by atoms with Crippen LogP contribution >= 0.6 is 0 Å². The fraction of sp³-hybridized carbons (Fsp3) is 0.400. The molecule has 10 heteroatoms. The number of amides is 2. The van der Waals surface area contributed by atoms with Crippen molar-refractivity contribution in [3.8, 4) is 0 Å². The minimum Gasteiger partial charge on any atom is -0.477 e. The summed E-state index contributed by atoms with van der Waals surface area (Å²) in [5.41, 5.74) is -1.66. The first-order valence-corrected chi connectivity index (χ1v) is 7.54. The molecule has 2 fully saturated rings. The van der Waals surface area contributed by atoms with Crippen LogP contribution in [0.15, 0.2) is 24.4 Å². The number of pyridine rings is 1. The molecular weight excluding hydrogens is 334 g/mol. The van der Waals surface area contributed by atoms with Crippen LogP contribution < -0.4 is 5.32 Å². The molecule has 0 saturated carbocycles. The second-order valence-corrected chi connectivity index (χ2v) is 5.61. The van der Waals surface area contributed by atoms with Crippen LogP contribution in [0.5, 0.6) is 0 Å². The molecular formula is C15H15N3O7. The number of nitrogens with one attached hydrogen (secondary N) is 1. The highest BCUT2D eigenvalue weighted by Gasteiger charge is 2.59. The maximum Gasteiger partial charge on any atom is 0.372 e. The number of rotatable bonds is 5. The zero-order chi connectivity index (χ0) is 18.0. The molecule has 25 heavy (non-hydrogen) atoms. The van der Waals surface area contributed by atoms with Gasteiger partial charge in [0.2, 0.25) is 5.91 Å². The van der Waals surface area contributed by atoms with Crippen molar-refractivity contribution in [3.63, 3.8) is 0 Å². The van der Waals surface area contributed by atoms with E-state index in [4.69, 9.17) is 9.57 Å². The zero-order valence-corrected chi connectivity index (χ0v) is 13.0. The molecule has 0 aliphatic carbocycles. The van der Waals surface area contributed by atoms with Gasteiger partial charge in [0.1, 0.15) is 12.6 Å². The quantitative estimate of drug-likeness (QED) is 0.646. The molecule has 2 saturated heterocycles. The Morgan fingerprint density at radius 3 is 2.80 bits per heavy atom. The highest BCUT2D eigenvalue weighted by Crippen LogP contribution is 2.33. The largest absolute Gasteiger partial charge is 0.477 e. The van der Waals surface area contributed by atoms with E-state index >= 15 is 0 Å². The van der Waals surface area contributed by atoms with Crippen LogP contribution in [0.25, 0.3) is 0 Å². The molecule has 2 aliphatic heterocycles. The van der Waals surface area contributed by atoms with Crippen LogP contribution in [0.3, 0.4) is 0 Å². The molecule has 0 aromatic carbocycles. The van der Waals surface area contributed by atoms with Crippen molar-refractivity contribution in [1.82, 2.24) is 15.4 Å². The smallest absolute Gasteiger partial charge is 0.372 e. The molecule has 10 nitrogen and oxygen atoms in total. The van der Waals surface area contributed by atoms with E-state index in [-0.39, 0.29) is 25.9 Å². The Balaban J connectivity index is 1.66. The molecule has 2 atom stereocenters. The highest BCUT2D eigenvalue weighted by molar-refractivity contribution is 5.94. The first kappa shape index (κ1) is 16.8. The predicted octanol–water partition coefficient (Wildman–Crippen LogP) is -0.999. The maximum atomic E-state index is 12.4. The molecule has 3 heterocycles. The van der Waals surface area contributed by atoms with E-state index in [0.29, 0.717) is 10.8 Å². The molecule has 2 amide bonds. The summed E-state index contributed by atoms with van der Waals surface area (Å²) >= 11 is 0. The molecule has 0 radical (unpaired) electrons. The van der Waals surface area contributed by atoms with Crippen LogP contribution in [-0.4, -0.2) is 57.3 Å². The Bertz CT molecular complexity index is 723. The molecule has 2 aliphatic rings. The summed E-state index contributed by atoms with van der Waals surface area (Å²) in [5, 5.41) is 12.4. The number of aliphatic carboxylic acids is 1. The first-order valence-electron chi connectivity index (χ1n) is 7.54. The summed E-state index contributed by atoms with van der Waals surface area (Å²) in [7, 11) is 0. The van der Waals surface area contributed by atoms with Crippen molar-refractivity contribution in [3.05, 3.63) is 30.1 Å². The van der Waals surface area contributed by atoms with Gasteiger partial charge in [0.15, 0.2) is 0 Å². The van der Waals surface area contributed by atoms with Gasteiger partial charge in [0, 0.05) is 18.3 Å². The van der Waals surface area contributed by atoms with Gasteiger partial charge in [-0.05, 0) is 12.1 Å². The molecule has 132 valence electrons. The number of hydrogen-bond acceptors (Lipinski definition) is 7. The van der Waals surface area contributed by atoms with E-state index in [0.717, 1.165) is 0 Å². The number of ether oxygens (including phenoxy) is 1. The number of aromatic nitrogens is 1. The minimum absolute atomic E-state index is 0.0380. The number of hydroxylamine groups is 2. The number of hydrogen-bond donors (Lipinski definition) is 2. The Kier molecular flexibility index (Phi) is 4.36. The summed E-state index contributed by atoms with van der Waals surface area (Å²) in [6.07, 6.45) is 1.14. The zero-order valence-electron chi connectivity index (χ0n) is 13.0. The summed E-state index contributed by atoms with van der Waals surface area (Å²) < 4.78 is 4.83. The second-order valence-electron chi connectivity index (χ2n) is 5.61. The monoisotopic (exact) mass is 349 g/mol. The summed E-state index contributed by atoms with van der Waals surface area (Å²) in [4.78, 5) is 56.4. The number of esters is 1. The number of carboxylic acids is 1. The van der Waals surface area contributed by atoms with Gasteiger partial charge in [0.05, 0.1) is 12.8 Å². The van der Waals surface area contributed by atoms with Crippen LogP contribution in [0.1, 0.15) is 18.5 Å². The van der Waals surface area contributed by atoms with Gasteiger partial charge in [-0.25, -0.2) is 4.79 Å². The molecule has 0 bridgehead atoms. The van der Waals surface area contributed by atoms with E-state index in [1.807, 2.05) is 0 Å². The van der Waals surface area contributed by atoms with Crippen LogP contribution in [0.2, 0.25) is 0 Å². The van der Waals surface area contributed by atoms with Gasteiger partial charge in [-0.3, -0.25) is 24.2 Å². The van der Waals surface area contributed by atoms with Gasteiger partial charge >= 0.3 is 17.7 Å². The third-order valence-electron chi connectivity index (χ3n) is 3.88. The fourth-order valence-corrected chi connectivity index (χ4v) is 2.67. The third-order valence-corrected chi connectivity index (χ3v) is 3.88. The van der Waals surface area contributed by atoms with Crippen molar-refractivity contribution in [2.24, 2.45) is 0 Å². The van der Waals surface area contributed by atoms with Gasteiger partial charge in [-0.15, -0.1) is 0 Å². The van der Waals surface area contributed by atoms with Crippen molar-refractivity contribution in [2.45, 2.75) is 31.0 Å². The Morgan fingerprint density at radius 1 is 1.40 bits per heavy atom. The van der Waals surface area contributed by atoms with Crippen molar-refractivity contribution in [2.75, 3.05) is 6.61 Å². The van der Waals surface area contributed by atoms with Gasteiger partial charge < -0.3 is 15.2 Å². The van der Waals surface area contributed by atoms with Gasteiger partial charge in [0.25, 0.3) is 5.91 Å². The van der Waals surface area contributed by atoms with E-state index in [2.05, 4.69) is 10.3 Å². The van der Waals surface area contributed by atoms with E-state index in [1.54, 1.807) is 24.4 Å². The average molecular weight is 349 g/mol. The van der Waals surface area contributed by atoms with E-state index in [9.17, 15) is 24.3 Å². The van der Waals surface area contributed by atoms with Gasteiger partial charge in [-0.1, -0.05) is 6.07 Å². The lowest BCUT2D eigenvalue weighted by Crippen LogP contribution is -2.56. The minimum atomic E-state index is -2.19. The SMILES string of the molecule is O=C(Cc1ccccn1)N[C@H]1CON(C2(C(=O)O)CCC(=O)O2)C1=O. The normalized spacial score (nSPS) is 25.8. The molecule has 1 aromatic rings. The molecule has 1 unspecified atom stereocenters. The highest BCUT2D eigenvalue weighted by atomic mass is 16.7. The number of cyclic esters (lactones) is 1. The number of carboxylic acid groups (broad SMARTS) is 1. The Hall–Kier alpha value is -3.01. The number of carbonyl (C=O) groups excluding carboxylic acids is 3. The van der Waals surface area contributed by atoms with Gasteiger partial charge in [-0.2, -0.15) is 5.06 Å². The van der Waals surface area contributed by atoms with Crippen molar-refractivity contribution < 1.29 is 33.9 Å². The molecule has 0 spiro atoms. The summed E-state index contributed by atoms with van der Waals surface area (Å²) in [6.45, 7) is -0.251. The van der Waals surface area contributed by atoms with Crippen molar-refractivity contribution >= 4 is 23.8 Å². The fourth-order valence-electron chi connectivity index (χ4n) is 2.67. The van der Waals surface area contributed by atoms with E-state index < -0.39 is 35.5 Å². The number of nitrogens with zero attached hydrogens (tertiary/aromatic N) is 2. The Labute approximate surface area is 141 Å². The lowest BCUT2D eigenvalue weighted by molar-refractivity contribution is -0.256. The van der Waals surface area contributed by atoms with E-state index in [1.165, 1.54) is 0 Å². The molecule has 3 rings (SSSR count). The molecule has 2 N–H and O–H groups in total.